The average molecular weight is 368 g/mol. The molecular weight excluding hydrogens is 334 g/mol. The molecule has 0 heterocycles. The van der Waals surface area contributed by atoms with E-state index in [-0.39, 0.29) is 0 Å². The molecule has 1 unspecified atom stereocenters. The van der Waals surface area contributed by atoms with Crippen molar-refractivity contribution >= 4 is 5.96 Å². The monoisotopic (exact) mass is 367 g/mol. The molecule has 0 bridgehead atoms. The van der Waals surface area contributed by atoms with Gasteiger partial charge in [-0.2, -0.15) is 0 Å². The van der Waals surface area contributed by atoms with Gasteiger partial charge in [0.2, 0.25) is 0 Å². The van der Waals surface area contributed by atoms with Gasteiger partial charge < -0.3 is 15.4 Å². The van der Waals surface area contributed by atoms with Gasteiger partial charge in [-0.3, -0.25) is 4.99 Å². The molecule has 0 fully saturated rings. The fourth-order valence-electron chi connectivity index (χ4n) is 3.05. The van der Waals surface area contributed by atoms with E-state index in [9.17, 15) is 0 Å². The van der Waals surface area contributed by atoms with Crippen LogP contribution in [0.15, 0.2) is 65.7 Å². The van der Waals surface area contributed by atoms with Crippen LogP contribution in [0.4, 0.5) is 0 Å². The number of benzene rings is 2. The van der Waals surface area contributed by atoms with Crippen molar-refractivity contribution in [2.45, 2.75) is 32.1 Å². The molecule has 0 aliphatic carbocycles. The first kappa shape index (κ1) is 21.0. The zero-order valence-corrected chi connectivity index (χ0v) is 16.7. The molecule has 0 radical (unpaired) electrons. The van der Waals surface area contributed by atoms with Crippen LogP contribution in [0.2, 0.25) is 0 Å². The second kappa shape index (κ2) is 12.9. The highest BCUT2D eigenvalue weighted by Crippen LogP contribution is 2.20. The molecule has 0 spiro atoms. The number of hydrogen-bond donors (Lipinski definition) is 2. The first-order chi connectivity index (χ1) is 13.3. The van der Waals surface area contributed by atoms with E-state index >= 15 is 0 Å². The van der Waals surface area contributed by atoms with Crippen LogP contribution in [0.1, 0.15) is 36.8 Å². The third-order valence-corrected chi connectivity index (χ3v) is 4.55. The molecule has 4 heteroatoms. The summed E-state index contributed by atoms with van der Waals surface area (Å²) < 4.78 is 5.38. The Balaban J connectivity index is 1.86. The molecule has 0 saturated heterocycles. The molecule has 0 aliphatic heterocycles. The Kier molecular flexibility index (Phi) is 10.0. The van der Waals surface area contributed by atoms with E-state index < -0.39 is 0 Å². The number of hydrogen-bond acceptors (Lipinski definition) is 2. The molecule has 0 aliphatic rings. The topological polar surface area (TPSA) is 45.6 Å². The van der Waals surface area contributed by atoms with Crippen LogP contribution in [0, 0.1) is 0 Å². The van der Waals surface area contributed by atoms with Crippen molar-refractivity contribution in [3.8, 4) is 0 Å². The Morgan fingerprint density at radius 3 is 2.33 bits per heavy atom. The van der Waals surface area contributed by atoms with Crippen LogP contribution >= 0.6 is 0 Å². The van der Waals surface area contributed by atoms with E-state index in [1.807, 2.05) is 14.0 Å². The predicted molar refractivity (Wildman–Crippen MR) is 114 cm³/mol. The van der Waals surface area contributed by atoms with Crippen LogP contribution < -0.4 is 10.6 Å². The largest absolute Gasteiger partial charge is 0.382 e. The number of nitrogens with one attached hydrogen (secondary N) is 2. The fourth-order valence-corrected chi connectivity index (χ4v) is 3.05. The van der Waals surface area contributed by atoms with Gasteiger partial charge in [-0.05, 0) is 37.3 Å². The number of nitrogens with zero attached hydrogens (tertiary/aromatic N) is 1. The van der Waals surface area contributed by atoms with Crippen molar-refractivity contribution in [1.82, 2.24) is 10.6 Å². The van der Waals surface area contributed by atoms with Crippen molar-refractivity contribution < 1.29 is 4.74 Å². The molecule has 4 nitrogen and oxygen atoms in total. The first-order valence-electron chi connectivity index (χ1n) is 9.94. The van der Waals surface area contributed by atoms with Gasteiger partial charge in [0, 0.05) is 39.3 Å². The van der Waals surface area contributed by atoms with Gasteiger partial charge in [-0.1, -0.05) is 60.7 Å². The Morgan fingerprint density at radius 2 is 1.67 bits per heavy atom. The standard InChI is InChI=1S/C23H33N3O/c1-3-27-17-11-10-16-25-23(24-2)26-19-22(21-14-8-5-9-15-21)18-20-12-6-4-7-13-20/h4-9,12-15,22H,3,10-11,16-19H2,1-2H3,(H2,24,25,26). The van der Waals surface area contributed by atoms with E-state index in [1.165, 1.54) is 11.1 Å². The first-order valence-corrected chi connectivity index (χ1v) is 9.94. The normalized spacial score (nSPS) is 12.6. The van der Waals surface area contributed by atoms with Gasteiger partial charge in [0.05, 0.1) is 0 Å². The van der Waals surface area contributed by atoms with Gasteiger partial charge in [0.25, 0.3) is 0 Å². The summed E-state index contributed by atoms with van der Waals surface area (Å²) in [5, 5.41) is 6.90. The van der Waals surface area contributed by atoms with E-state index in [1.54, 1.807) is 0 Å². The molecular formula is C23H33N3O. The molecule has 0 saturated carbocycles. The SMILES string of the molecule is CCOCCCCNC(=NC)NCC(Cc1ccccc1)c1ccccc1. The van der Waals surface area contributed by atoms with E-state index in [0.717, 1.165) is 51.5 Å². The Labute approximate surface area is 164 Å². The Bertz CT molecular complexity index is 643. The van der Waals surface area contributed by atoms with Gasteiger partial charge in [-0.15, -0.1) is 0 Å². The average Bonchev–Trinajstić information content (AvgIpc) is 2.73. The Morgan fingerprint density at radius 1 is 0.963 bits per heavy atom. The molecule has 0 aromatic heterocycles. The lowest BCUT2D eigenvalue weighted by molar-refractivity contribution is 0.143. The highest BCUT2D eigenvalue weighted by atomic mass is 16.5. The number of aliphatic imine (C=N–C) groups is 1. The summed E-state index contributed by atoms with van der Waals surface area (Å²) in [6, 6.07) is 21.4. The van der Waals surface area contributed by atoms with Crippen LogP contribution in [0.5, 0.6) is 0 Å². The van der Waals surface area contributed by atoms with Gasteiger partial charge >= 0.3 is 0 Å². The maximum Gasteiger partial charge on any atom is 0.190 e. The molecule has 2 aromatic carbocycles. The van der Waals surface area contributed by atoms with Crippen molar-refractivity contribution in [2.75, 3.05) is 33.4 Å². The zero-order valence-electron chi connectivity index (χ0n) is 16.7. The second-order valence-electron chi connectivity index (χ2n) is 6.58. The number of guanidine groups is 1. The van der Waals surface area contributed by atoms with Gasteiger partial charge in [0.15, 0.2) is 5.96 Å². The summed E-state index contributed by atoms with van der Waals surface area (Å²) in [7, 11) is 1.82. The molecule has 2 rings (SSSR count). The fraction of sp³-hybridized carbons (Fsp3) is 0.435. The quantitative estimate of drug-likeness (QED) is 0.358. The zero-order chi connectivity index (χ0) is 19.2. The summed E-state index contributed by atoms with van der Waals surface area (Å²) >= 11 is 0. The minimum atomic E-state index is 0.394. The number of ether oxygens (including phenoxy) is 1. The lowest BCUT2D eigenvalue weighted by Gasteiger charge is -2.20. The maximum absolute atomic E-state index is 5.38. The third kappa shape index (κ3) is 8.27. The summed E-state index contributed by atoms with van der Waals surface area (Å²) in [6.45, 7) is 5.40. The summed E-state index contributed by atoms with van der Waals surface area (Å²) in [5.74, 6) is 1.26. The van der Waals surface area contributed by atoms with E-state index in [4.69, 9.17) is 4.74 Å². The molecule has 27 heavy (non-hydrogen) atoms. The van der Waals surface area contributed by atoms with Crippen LogP contribution in [0.3, 0.4) is 0 Å². The van der Waals surface area contributed by atoms with Crippen molar-refractivity contribution in [3.05, 3.63) is 71.8 Å². The Hall–Kier alpha value is -2.33. The highest BCUT2D eigenvalue weighted by Gasteiger charge is 2.13. The second-order valence-corrected chi connectivity index (χ2v) is 6.58. The molecule has 0 amide bonds. The molecule has 1 atom stereocenters. The summed E-state index contributed by atoms with van der Waals surface area (Å²) in [6.07, 6.45) is 3.15. The number of rotatable bonds is 11. The third-order valence-electron chi connectivity index (χ3n) is 4.55. The highest BCUT2D eigenvalue weighted by molar-refractivity contribution is 5.79. The van der Waals surface area contributed by atoms with Crippen LogP contribution in [-0.4, -0.2) is 39.3 Å². The predicted octanol–water partition coefficient (Wildman–Crippen LogP) is 3.99. The lowest BCUT2D eigenvalue weighted by atomic mass is 9.92. The molecule has 2 aromatic rings. The summed E-state index contributed by atoms with van der Waals surface area (Å²) in [4.78, 5) is 4.36. The van der Waals surface area contributed by atoms with Gasteiger partial charge in [-0.25, -0.2) is 0 Å². The minimum absolute atomic E-state index is 0.394. The number of unbranched alkanes of at least 4 members (excludes halogenated alkanes) is 1. The van der Waals surface area contributed by atoms with Crippen molar-refractivity contribution in [3.63, 3.8) is 0 Å². The minimum Gasteiger partial charge on any atom is -0.382 e. The maximum atomic E-state index is 5.38. The van der Waals surface area contributed by atoms with Gasteiger partial charge in [0.1, 0.15) is 0 Å². The molecule has 2 N–H and O–H groups in total. The molecule has 146 valence electrons. The van der Waals surface area contributed by atoms with E-state index in [0.29, 0.717) is 5.92 Å². The van der Waals surface area contributed by atoms with E-state index in [2.05, 4.69) is 76.3 Å². The summed E-state index contributed by atoms with van der Waals surface area (Å²) in [5.41, 5.74) is 2.70. The van der Waals surface area contributed by atoms with Crippen molar-refractivity contribution in [2.24, 2.45) is 4.99 Å². The van der Waals surface area contributed by atoms with Crippen molar-refractivity contribution in [1.29, 1.82) is 0 Å². The van der Waals surface area contributed by atoms with Crippen LogP contribution in [-0.2, 0) is 11.2 Å². The van der Waals surface area contributed by atoms with Crippen LogP contribution in [0.25, 0.3) is 0 Å². The lowest BCUT2D eigenvalue weighted by Crippen LogP contribution is -2.40. The smallest absolute Gasteiger partial charge is 0.190 e.